The minimum atomic E-state index is -0.460. The minimum absolute atomic E-state index is 0.0398. The fraction of sp³-hybridized carbons (Fsp3) is 0.333. The van der Waals surface area contributed by atoms with Crippen molar-refractivity contribution >= 4 is 23.2 Å². The number of aromatic amines is 1. The predicted molar refractivity (Wildman–Crippen MR) is 84.2 cm³/mol. The van der Waals surface area contributed by atoms with Crippen molar-refractivity contribution in [3.63, 3.8) is 0 Å². The monoisotopic (exact) mass is 324 g/mol. The fourth-order valence-corrected chi connectivity index (χ4v) is 2.95. The molecule has 0 spiro atoms. The summed E-state index contributed by atoms with van der Waals surface area (Å²) in [7, 11) is 0. The average Bonchev–Trinajstić information content (AvgIpc) is 2.99. The highest BCUT2D eigenvalue weighted by molar-refractivity contribution is 6.32. The maximum absolute atomic E-state index is 12.7. The summed E-state index contributed by atoms with van der Waals surface area (Å²) in [5.41, 5.74) is 0.0792. The third-order valence-corrected chi connectivity index (χ3v) is 4.53. The van der Waals surface area contributed by atoms with Gasteiger partial charge in [-0.25, -0.2) is 4.79 Å². The number of rotatable bonds is 2. The molecule has 1 atom stereocenters. The zero-order valence-corrected chi connectivity index (χ0v) is 13.1. The zero-order chi connectivity index (χ0) is 15.4. The summed E-state index contributed by atoms with van der Waals surface area (Å²) in [6, 6.07) is 6.71. The van der Waals surface area contributed by atoms with E-state index in [-0.39, 0.29) is 22.2 Å². The Morgan fingerprint density at radius 1 is 1.19 bits per heavy atom. The van der Waals surface area contributed by atoms with Crippen LogP contribution in [0.2, 0.25) is 10.2 Å². The maximum atomic E-state index is 12.7. The molecule has 0 saturated heterocycles. The van der Waals surface area contributed by atoms with Gasteiger partial charge in [-0.3, -0.25) is 14.3 Å². The first kappa shape index (κ1) is 14.4. The Morgan fingerprint density at radius 3 is 2.29 bits per heavy atom. The molecule has 21 heavy (non-hydrogen) atoms. The molecule has 2 aromatic rings. The first-order valence-electron chi connectivity index (χ1n) is 6.61. The summed E-state index contributed by atoms with van der Waals surface area (Å²) in [5, 5.41) is 0.630. The van der Waals surface area contributed by atoms with Crippen LogP contribution in [0.25, 0.3) is 11.1 Å². The molecule has 0 bridgehead atoms. The van der Waals surface area contributed by atoms with Gasteiger partial charge in [-0.05, 0) is 29.5 Å². The van der Waals surface area contributed by atoms with Crippen molar-refractivity contribution in [1.82, 2.24) is 9.55 Å². The largest absolute Gasteiger partial charge is 0.329 e. The van der Waals surface area contributed by atoms with E-state index < -0.39 is 5.69 Å². The Kier molecular flexibility index (Phi) is 3.26. The van der Waals surface area contributed by atoms with Crippen LogP contribution in [0.5, 0.6) is 0 Å². The molecule has 4 nitrogen and oxygen atoms in total. The lowest BCUT2D eigenvalue weighted by Crippen LogP contribution is -2.36. The van der Waals surface area contributed by atoms with Crippen LogP contribution in [-0.2, 0) is 0 Å². The standard InChI is InChI=1S/C15H14Cl2N2O2/c1-15(2)7-10(15)19-13(20)11(12(17)18-14(19)21)8-3-5-9(16)6-4-8/h3-6,10H,7H2,1-2H3,(H,18,21). The molecule has 1 unspecified atom stereocenters. The fourth-order valence-electron chi connectivity index (χ4n) is 2.55. The lowest BCUT2D eigenvalue weighted by atomic mass is 10.1. The van der Waals surface area contributed by atoms with Crippen molar-refractivity contribution < 1.29 is 0 Å². The van der Waals surface area contributed by atoms with Crippen molar-refractivity contribution in [2.45, 2.75) is 26.3 Å². The molecule has 1 N–H and O–H groups in total. The minimum Gasteiger partial charge on any atom is -0.297 e. The van der Waals surface area contributed by atoms with Gasteiger partial charge in [0.05, 0.1) is 5.56 Å². The Bertz CT molecular complexity index is 819. The van der Waals surface area contributed by atoms with E-state index in [1.54, 1.807) is 24.3 Å². The van der Waals surface area contributed by atoms with Crippen LogP contribution >= 0.6 is 23.2 Å². The summed E-state index contributed by atoms with van der Waals surface area (Å²) in [6.45, 7) is 4.06. The molecule has 1 aliphatic rings. The second-order valence-corrected chi connectivity index (χ2v) is 6.82. The average molecular weight is 325 g/mol. The molecule has 0 amide bonds. The Hall–Kier alpha value is -1.52. The van der Waals surface area contributed by atoms with Crippen LogP contribution in [0.4, 0.5) is 0 Å². The van der Waals surface area contributed by atoms with Crippen LogP contribution in [0.1, 0.15) is 26.3 Å². The second kappa shape index (κ2) is 4.75. The molecule has 1 aliphatic carbocycles. The number of hydrogen-bond donors (Lipinski definition) is 1. The molecule has 0 aliphatic heterocycles. The Labute approximate surface area is 131 Å². The van der Waals surface area contributed by atoms with E-state index in [9.17, 15) is 9.59 Å². The third kappa shape index (κ3) is 2.43. The quantitative estimate of drug-likeness (QED) is 0.860. The van der Waals surface area contributed by atoms with Gasteiger partial charge in [-0.15, -0.1) is 0 Å². The van der Waals surface area contributed by atoms with Crippen molar-refractivity contribution in [1.29, 1.82) is 0 Å². The first-order chi connectivity index (χ1) is 9.81. The van der Waals surface area contributed by atoms with Gasteiger partial charge in [-0.1, -0.05) is 49.2 Å². The van der Waals surface area contributed by atoms with Crippen LogP contribution in [0.3, 0.4) is 0 Å². The summed E-state index contributed by atoms with van der Waals surface area (Å²) >= 11 is 11.9. The molecular formula is C15H14Cl2N2O2. The molecule has 6 heteroatoms. The van der Waals surface area contributed by atoms with Crippen LogP contribution < -0.4 is 11.2 Å². The molecule has 1 aromatic heterocycles. The van der Waals surface area contributed by atoms with Crippen molar-refractivity contribution in [3.8, 4) is 11.1 Å². The van der Waals surface area contributed by atoms with E-state index in [1.165, 1.54) is 4.57 Å². The van der Waals surface area contributed by atoms with Crippen LogP contribution in [-0.4, -0.2) is 9.55 Å². The van der Waals surface area contributed by atoms with Gasteiger partial charge >= 0.3 is 5.69 Å². The molecule has 1 heterocycles. The van der Waals surface area contributed by atoms with E-state index in [4.69, 9.17) is 23.2 Å². The highest BCUT2D eigenvalue weighted by Gasteiger charge is 2.48. The lowest BCUT2D eigenvalue weighted by Gasteiger charge is -2.10. The summed E-state index contributed by atoms with van der Waals surface area (Å²) in [4.78, 5) is 27.3. The number of halogens is 2. The van der Waals surface area contributed by atoms with Gasteiger partial charge in [0, 0.05) is 11.1 Å². The third-order valence-electron chi connectivity index (χ3n) is 3.99. The van der Waals surface area contributed by atoms with E-state index in [0.717, 1.165) is 6.42 Å². The predicted octanol–water partition coefficient (Wildman–Crippen LogP) is 3.48. The second-order valence-electron chi connectivity index (χ2n) is 6.01. The van der Waals surface area contributed by atoms with E-state index in [1.807, 2.05) is 13.8 Å². The smallest absolute Gasteiger partial charge is 0.297 e. The first-order valence-corrected chi connectivity index (χ1v) is 7.37. The van der Waals surface area contributed by atoms with Gasteiger partial charge < -0.3 is 0 Å². The van der Waals surface area contributed by atoms with Crippen molar-refractivity contribution in [2.75, 3.05) is 0 Å². The lowest BCUT2D eigenvalue weighted by molar-refractivity contribution is 0.514. The zero-order valence-electron chi connectivity index (χ0n) is 11.6. The SMILES string of the molecule is CC1(C)CC1n1c(=O)[nH]c(Cl)c(-c2ccc(Cl)cc2)c1=O. The summed E-state index contributed by atoms with van der Waals surface area (Å²) in [5.74, 6) is 0. The van der Waals surface area contributed by atoms with E-state index in [0.29, 0.717) is 16.1 Å². The Balaban J connectivity index is 2.23. The highest BCUT2D eigenvalue weighted by atomic mass is 35.5. The molecular weight excluding hydrogens is 311 g/mol. The van der Waals surface area contributed by atoms with Crippen molar-refractivity contribution in [2.24, 2.45) is 5.41 Å². The normalized spacial score (nSPS) is 19.5. The number of aromatic nitrogens is 2. The summed E-state index contributed by atoms with van der Waals surface area (Å²) in [6.07, 6.45) is 0.803. The number of benzene rings is 1. The van der Waals surface area contributed by atoms with Gasteiger partial charge in [0.15, 0.2) is 0 Å². The van der Waals surface area contributed by atoms with Crippen LogP contribution in [0.15, 0.2) is 33.9 Å². The van der Waals surface area contributed by atoms with Gasteiger partial charge in [0.25, 0.3) is 5.56 Å². The van der Waals surface area contributed by atoms with E-state index >= 15 is 0 Å². The molecule has 1 fully saturated rings. The number of H-pyrrole nitrogens is 1. The molecule has 1 aromatic carbocycles. The number of hydrogen-bond acceptors (Lipinski definition) is 2. The molecule has 3 rings (SSSR count). The van der Waals surface area contributed by atoms with Gasteiger partial charge in [0.2, 0.25) is 0 Å². The van der Waals surface area contributed by atoms with Gasteiger partial charge in [0.1, 0.15) is 5.15 Å². The molecule has 110 valence electrons. The topological polar surface area (TPSA) is 54.9 Å². The van der Waals surface area contributed by atoms with Crippen LogP contribution in [0, 0.1) is 5.41 Å². The molecule has 1 saturated carbocycles. The van der Waals surface area contributed by atoms with Gasteiger partial charge in [-0.2, -0.15) is 0 Å². The number of nitrogens with one attached hydrogen (secondary N) is 1. The molecule has 0 radical (unpaired) electrons. The maximum Gasteiger partial charge on any atom is 0.329 e. The summed E-state index contributed by atoms with van der Waals surface area (Å²) < 4.78 is 1.27. The number of nitrogens with zero attached hydrogens (tertiary/aromatic N) is 1. The Morgan fingerprint density at radius 2 is 1.76 bits per heavy atom. The van der Waals surface area contributed by atoms with Crippen molar-refractivity contribution in [3.05, 3.63) is 55.3 Å². The van der Waals surface area contributed by atoms with E-state index in [2.05, 4.69) is 4.98 Å². The highest BCUT2D eigenvalue weighted by Crippen LogP contribution is 2.54.